The molecule has 7 heteroatoms. The van der Waals surface area contributed by atoms with E-state index in [1.807, 2.05) is 25.3 Å². The van der Waals surface area contributed by atoms with Crippen LogP contribution >= 0.6 is 0 Å². The molecule has 0 fully saturated rings. The molecular formula is C26H41N3O4. The molecule has 2 unspecified atom stereocenters. The standard InChI is InChI=1S/C17H30N2O2.C9H11NO2/c1-5-7-8-14(6-2)13-21-16(20)17(19-4)11-9-15(18-3)10-12-17;1-2-12-9(11)7-3-5-8(10)6-4-7/h9-11,14,18-19H,5-8,12-13H2,1-4H3;3-6H,2,10H2,1H3. The summed E-state index contributed by atoms with van der Waals surface area (Å²) < 4.78 is 10.4. The molecule has 184 valence electrons. The number of hydrogen-bond donors (Lipinski definition) is 3. The minimum absolute atomic E-state index is 0.178. The van der Waals surface area contributed by atoms with Crippen LogP contribution in [-0.4, -0.2) is 44.8 Å². The van der Waals surface area contributed by atoms with E-state index in [1.165, 1.54) is 12.8 Å². The number of allylic oxidation sites excluding steroid dienone is 1. The fraction of sp³-hybridized carbons (Fsp3) is 0.538. The quantitative estimate of drug-likeness (QED) is 0.336. The zero-order valence-electron chi connectivity index (χ0n) is 20.8. The molecule has 2 rings (SSSR count). The third-order valence-corrected chi connectivity index (χ3v) is 5.71. The Morgan fingerprint density at radius 1 is 1.12 bits per heavy atom. The van der Waals surface area contributed by atoms with Crippen LogP contribution in [0.15, 0.2) is 48.2 Å². The van der Waals surface area contributed by atoms with Crippen LogP contribution in [0, 0.1) is 5.92 Å². The first kappa shape index (κ1) is 28.2. The summed E-state index contributed by atoms with van der Waals surface area (Å²) in [5.74, 6) is -0.0149. The molecule has 1 aliphatic rings. The Balaban J connectivity index is 0.000000383. The summed E-state index contributed by atoms with van der Waals surface area (Å²) in [5, 5.41) is 6.19. The van der Waals surface area contributed by atoms with Gasteiger partial charge in [-0.1, -0.05) is 45.3 Å². The van der Waals surface area contributed by atoms with Gasteiger partial charge in [-0.3, -0.25) is 0 Å². The monoisotopic (exact) mass is 459 g/mol. The van der Waals surface area contributed by atoms with Crippen LogP contribution in [0.2, 0.25) is 0 Å². The number of esters is 2. The predicted octanol–water partition coefficient (Wildman–Crippen LogP) is 4.21. The van der Waals surface area contributed by atoms with Gasteiger partial charge in [0.1, 0.15) is 5.54 Å². The Hall–Kier alpha value is -2.80. The fourth-order valence-electron chi connectivity index (χ4n) is 3.32. The Morgan fingerprint density at radius 3 is 2.30 bits per heavy atom. The number of benzene rings is 1. The van der Waals surface area contributed by atoms with Crippen LogP contribution < -0.4 is 16.4 Å². The molecule has 7 nitrogen and oxygen atoms in total. The van der Waals surface area contributed by atoms with Gasteiger partial charge in [0.25, 0.3) is 0 Å². The van der Waals surface area contributed by atoms with Gasteiger partial charge in [0.15, 0.2) is 0 Å². The molecule has 0 bridgehead atoms. The predicted molar refractivity (Wildman–Crippen MR) is 134 cm³/mol. The van der Waals surface area contributed by atoms with Gasteiger partial charge in [-0.15, -0.1) is 0 Å². The largest absolute Gasteiger partial charge is 0.464 e. The van der Waals surface area contributed by atoms with Crippen molar-refractivity contribution in [3.05, 3.63) is 53.8 Å². The zero-order chi connectivity index (χ0) is 24.7. The van der Waals surface area contributed by atoms with E-state index in [0.29, 0.717) is 36.8 Å². The number of ether oxygens (including phenoxy) is 2. The number of likely N-dealkylation sites (N-methyl/N-ethyl adjacent to an activating group) is 2. The van der Waals surface area contributed by atoms with Crippen molar-refractivity contribution in [1.82, 2.24) is 10.6 Å². The van der Waals surface area contributed by atoms with Crippen LogP contribution in [0.3, 0.4) is 0 Å². The number of hydrogen-bond acceptors (Lipinski definition) is 7. The van der Waals surface area contributed by atoms with Crippen LogP contribution in [0.25, 0.3) is 0 Å². The highest BCUT2D eigenvalue weighted by Gasteiger charge is 2.36. The highest BCUT2D eigenvalue weighted by molar-refractivity contribution is 5.89. The van der Waals surface area contributed by atoms with E-state index in [4.69, 9.17) is 15.2 Å². The minimum atomic E-state index is -0.719. The number of rotatable bonds is 11. The van der Waals surface area contributed by atoms with Crippen LogP contribution in [0.5, 0.6) is 0 Å². The van der Waals surface area contributed by atoms with Crippen LogP contribution in [-0.2, 0) is 14.3 Å². The summed E-state index contributed by atoms with van der Waals surface area (Å²) in [4.78, 5) is 23.5. The Labute approximate surface area is 198 Å². The van der Waals surface area contributed by atoms with E-state index in [1.54, 1.807) is 38.2 Å². The number of unbranched alkanes of at least 4 members (excludes halogenated alkanes) is 1. The first-order valence-electron chi connectivity index (χ1n) is 11.8. The van der Waals surface area contributed by atoms with Crippen molar-refractivity contribution in [3.63, 3.8) is 0 Å². The minimum Gasteiger partial charge on any atom is -0.464 e. The molecule has 0 amide bonds. The second kappa shape index (κ2) is 15.1. The van der Waals surface area contributed by atoms with E-state index in [9.17, 15) is 9.59 Å². The first-order chi connectivity index (χ1) is 15.8. The number of nitrogens with two attached hydrogens (primary N) is 1. The second-order valence-electron chi connectivity index (χ2n) is 8.03. The molecule has 0 aliphatic heterocycles. The highest BCUT2D eigenvalue weighted by atomic mass is 16.5. The molecular weight excluding hydrogens is 418 g/mol. The summed E-state index contributed by atoms with van der Waals surface area (Å²) in [7, 11) is 3.68. The van der Waals surface area contributed by atoms with Gasteiger partial charge in [-0.2, -0.15) is 0 Å². The molecule has 33 heavy (non-hydrogen) atoms. The number of carbonyl (C=O) groups excluding carboxylic acids is 2. The molecule has 0 spiro atoms. The number of anilines is 1. The summed E-state index contributed by atoms with van der Waals surface area (Å²) >= 11 is 0. The molecule has 4 N–H and O–H groups in total. The van der Waals surface area contributed by atoms with Gasteiger partial charge in [-0.25, -0.2) is 9.59 Å². The lowest BCUT2D eigenvalue weighted by atomic mass is 9.90. The maximum atomic E-state index is 12.5. The lowest BCUT2D eigenvalue weighted by Gasteiger charge is -2.30. The van der Waals surface area contributed by atoms with Gasteiger partial charge in [0.2, 0.25) is 0 Å². The average molecular weight is 460 g/mol. The van der Waals surface area contributed by atoms with Crippen molar-refractivity contribution in [3.8, 4) is 0 Å². The maximum absolute atomic E-state index is 12.5. The van der Waals surface area contributed by atoms with Crippen LogP contribution in [0.4, 0.5) is 5.69 Å². The van der Waals surface area contributed by atoms with Crippen molar-refractivity contribution >= 4 is 17.6 Å². The molecule has 0 saturated heterocycles. The molecule has 0 aromatic heterocycles. The van der Waals surface area contributed by atoms with Gasteiger partial charge >= 0.3 is 11.9 Å². The summed E-state index contributed by atoms with van der Waals surface area (Å²) in [6, 6.07) is 6.64. The van der Waals surface area contributed by atoms with Crippen molar-refractivity contribution in [2.24, 2.45) is 5.92 Å². The average Bonchev–Trinajstić information content (AvgIpc) is 2.85. The lowest BCUT2D eigenvalue weighted by Crippen LogP contribution is -2.50. The van der Waals surface area contributed by atoms with Crippen molar-refractivity contribution < 1.29 is 19.1 Å². The Morgan fingerprint density at radius 2 is 1.82 bits per heavy atom. The normalized spacial score (nSPS) is 17.8. The summed E-state index contributed by atoms with van der Waals surface area (Å²) in [5.41, 5.74) is 6.94. The van der Waals surface area contributed by atoms with E-state index >= 15 is 0 Å². The third kappa shape index (κ3) is 9.30. The maximum Gasteiger partial charge on any atom is 0.338 e. The molecule has 0 saturated carbocycles. The molecule has 1 aliphatic carbocycles. The van der Waals surface area contributed by atoms with Gasteiger partial charge in [-0.05, 0) is 56.7 Å². The zero-order valence-corrected chi connectivity index (χ0v) is 20.8. The Kier molecular flexibility index (Phi) is 12.9. The number of nitrogens with one attached hydrogen (secondary N) is 2. The first-order valence-corrected chi connectivity index (χ1v) is 11.8. The molecule has 1 aromatic rings. The highest BCUT2D eigenvalue weighted by Crippen LogP contribution is 2.22. The van der Waals surface area contributed by atoms with E-state index < -0.39 is 5.54 Å². The number of carbonyl (C=O) groups is 2. The molecule has 0 heterocycles. The van der Waals surface area contributed by atoms with Gasteiger partial charge in [0, 0.05) is 24.9 Å². The lowest BCUT2D eigenvalue weighted by molar-refractivity contribution is -0.150. The van der Waals surface area contributed by atoms with Gasteiger partial charge < -0.3 is 25.8 Å². The van der Waals surface area contributed by atoms with Crippen LogP contribution in [0.1, 0.15) is 63.2 Å². The molecule has 1 aromatic carbocycles. The molecule has 2 atom stereocenters. The van der Waals surface area contributed by atoms with E-state index in [0.717, 1.165) is 18.5 Å². The third-order valence-electron chi connectivity index (χ3n) is 5.71. The smallest absolute Gasteiger partial charge is 0.338 e. The molecule has 0 radical (unpaired) electrons. The SMILES string of the molecule is CCCCC(CC)COC(=O)C1(NC)C=CC(NC)=CC1.CCOC(=O)c1ccc(N)cc1. The van der Waals surface area contributed by atoms with Gasteiger partial charge in [0.05, 0.1) is 18.8 Å². The second-order valence-corrected chi connectivity index (χ2v) is 8.03. The number of nitrogen functional groups attached to an aromatic ring is 1. The van der Waals surface area contributed by atoms with E-state index in [2.05, 4.69) is 24.5 Å². The fourth-order valence-corrected chi connectivity index (χ4v) is 3.32. The topological polar surface area (TPSA) is 103 Å². The van der Waals surface area contributed by atoms with Crippen molar-refractivity contribution in [2.75, 3.05) is 33.0 Å². The summed E-state index contributed by atoms with van der Waals surface area (Å²) in [6.07, 6.45) is 11.0. The van der Waals surface area contributed by atoms with Crippen molar-refractivity contribution in [1.29, 1.82) is 0 Å². The van der Waals surface area contributed by atoms with E-state index in [-0.39, 0.29) is 11.9 Å². The Bertz CT molecular complexity index is 789. The van der Waals surface area contributed by atoms with Crippen molar-refractivity contribution in [2.45, 2.75) is 58.4 Å². The summed E-state index contributed by atoms with van der Waals surface area (Å²) in [6.45, 7) is 7.03.